The number of hydrogen-bond donors (Lipinski definition) is 3. The summed E-state index contributed by atoms with van der Waals surface area (Å²) in [6, 6.07) is 5.47. The minimum Gasteiger partial charge on any atom is -0.353 e. The summed E-state index contributed by atoms with van der Waals surface area (Å²) in [4.78, 5) is 23.5. The third-order valence-electron chi connectivity index (χ3n) is 3.19. The van der Waals surface area contributed by atoms with Gasteiger partial charge >= 0.3 is 0 Å². The fourth-order valence-corrected chi connectivity index (χ4v) is 2.07. The summed E-state index contributed by atoms with van der Waals surface area (Å²) >= 11 is 0. The SMILES string of the molecule is Cc1ccc(C)c(NC(=O)CC2NCCNC2=O)c1. The molecule has 19 heavy (non-hydrogen) atoms. The van der Waals surface area contributed by atoms with E-state index in [9.17, 15) is 9.59 Å². The van der Waals surface area contributed by atoms with Crippen molar-refractivity contribution in [2.24, 2.45) is 0 Å². The van der Waals surface area contributed by atoms with Crippen LogP contribution in [0.5, 0.6) is 0 Å². The highest BCUT2D eigenvalue weighted by Gasteiger charge is 2.24. The molecule has 5 heteroatoms. The Hall–Kier alpha value is -1.88. The fourth-order valence-electron chi connectivity index (χ4n) is 2.07. The third kappa shape index (κ3) is 3.54. The van der Waals surface area contributed by atoms with E-state index >= 15 is 0 Å². The fraction of sp³-hybridized carbons (Fsp3) is 0.429. The maximum Gasteiger partial charge on any atom is 0.237 e. The Morgan fingerprint density at radius 2 is 2.16 bits per heavy atom. The molecule has 1 aromatic rings. The van der Waals surface area contributed by atoms with Gasteiger partial charge in [0.15, 0.2) is 0 Å². The number of piperazine rings is 1. The summed E-state index contributed by atoms with van der Waals surface area (Å²) in [5, 5.41) is 8.64. The standard InChI is InChI=1S/C14H19N3O2/c1-9-3-4-10(2)11(7-9)17-13(18)8-12-14(19)16-6-5-15-12/h3-4,7,12,15H,5-6,8H2,1-2H3,(H,16,19)(H,17,18). The lowest BCUT2D eigenvalue weighted by Crippen LogP contribution is -2.53. The molecule has 0 radical (unpaired) electrons. The average molecular weight is 261 g/mol. The first kappa shape index (κ1) is 13.5. The predicted molar refractivity (Wildman–Crippen MR) is 74.0 cm³/mol. The molecule has 1 heterocycles. The maximum absolute atomic E-state index is 12.0. The van der Waals surface area contributed by atoms with Crippen molar-refractivity contribution in [3.63, 3.8) is 0 Å². The van der Waals surface area contributed by atoms with Crippen LogP contribution in [0.2, 0.25) is 0 Å². The van der Waals surface area contributed by atoms with Gasteiger partial charge in [-0.25, -0.2) is 0 Å². The van der Waals surface area contributed by atoms with Crippen LogP contribution in [-0.4, -0.2) is 30.9 Å². The molecule has 2 rings (SSSR count). The highest BCUT2D eigenvalue weighted by atomic mass is 16.2. The summed E-state index contributed by atoms with van der Waals surface area (Å²) in [5.41, 5.74) is 2.91. The first-order valence-corrected chi connectivity index (χ1v) is 6.44. The number of amides is 2. The van der Waals surface area contributed by atoms with Crippen molar-refractivity contribution in [1.82, 2.24) is 10.6 Å². The molecule has 0 aliphatic carbocycles. The van der Waals surface area contributed by atoms with Crippen molar-refractivity contribution in [2.75, 3.05) is 18.4 Å². The molecule has 0 spiro atoms. The molecule has 2 amide bonds. The molecule has 1 unspecified atom stereocenters. The Morgan fingerprint density at radius 3 is 2.89 bits per heavy atom. The van der Waals surface area contributed by atoms with Gasteiger partial charge in [-0.2, -0.15) is 0 Å². The van der Waals surface area contributed by atoms with Crippen LogP contribution in [0.3, 0.4) is 0 Å². The zero-order valence-corrected chi connectivity index (χ0v) is 11.2. The Bertz CT molecular complexity index is 499. The van der Waals surface area contributed by atoms with Crippen molar-refractivity contribution in [3.8, 4) is 0 Å². The van der Waals surface area contributed by atoms with E-state index in [4.69, 9.17) is 0 Å². The van der Waals surface area contributed by atoms with Crippen LogP contribution < -0.4 is 16.0 Å². The normalized spacial score (nSPS) is 18.8. The summed E-state index contributed by atoms with van der Waals surface area (Å²) in [5.74, 6) is -0.259. The number of benzene rings is 1. The summed E-state index contributed by atoms with van der Waals surface area (Å²) in [7, 11) is 0. The van der Waals surface area contributed by atoms with Crippen LogP contribution >= 0.6 is 0 Å². The van der Waals surface area contributed by atoms with Crippen LogP contribution in [0.1, 0.15) is 17.5 Å². The smallest absolute Gasteiger partial charge is 0.237 e. The summed E-state index contributed by atoms with van der Waals surface area (Å²) < 4.78 is 0. The van der Waals surface area contributed by atoms with Gasteiger partial charge in [0.05, 0.1) is 12.5 Å². The second-order valence-corrected chi connectivity index (χ2v) is 4.87. The molecule has 1 saturated heterocycles. The number of carbonyl (C=O) groups is 2. The van der Waals surface area contributed by atoms with Gasteiger partial charge in [-0.15, -0.1) is 0 Å². The molecule has 3 N–H and O–H groups in total. The lowest BCUT2D eigenvalue weighted by molar-refractivity contribution is -0.127. The van der Waals surface area contributed by atoms with Gasteiger partial charge in [0.25, 0.3) is 0 Å². The van der Waals surface area contributed by atoms with Gasteiger partial charge in [-0.1, -0.05) is 12.1 Å². The van der Waals surface area contributed by atoms with E-state index in [2.05, 4.69) is 16.0 Å². The van der Waals surface area contributed by atoms with Gasteiger partial charge in [0.2, 0.25) is 11.8 Å². The second-order valence-electron chi connectivity index (χ2n) is 4.87. The largest absolute Gasteiger partial charge is 0.353 e. The average Bonchev–Trinajstić information content (AvgIpc) is 2.37. The van der Waals surface area contributed by atoms with Crippen LogP contribution in [0.4, 0.5) is 5.69 Å². The molecule has 1 aromatic carbocycles. The van der Waals surface area contributed by atoms with Gasteiger partial charge in [0, 0.05) is 18.8 Å². The number of anilines is 1. The Kier molecular flexibility index (Phi) is 4.16. The monoisotopic (exact) mass is 261 g/mol. The van der Waals surface area contributed by atoms with E-state index in [-0.39, 0.29) is 18.2 Å². The summed E-state index contributed by atoms with van der Waals surface area (Å²) in [6.45, 7) is 5.24. The first-order chi connectivity index (χ1) is 9.06. The van der Waals surface area contributed by atoms with E-state index in [1.165, 1.54) is 0 Å². The zero-order chi connectivity index (χ0) is 13.8. The number of rotatable bonds is 3. The van der Waals surface area contributed by atoms with Crippen molar-refractivity contribution >= 4 is 17.5 Å². The van der Waals surface area contributed by atoms with Crippen molar-refractivity contribution in [3.05, 3.63) is 29.3 Å². The molecule has 102 valence electrons. The minimum atomic E-state index is -0.432. The topological polar surface area (TPSA) is 70.2 Å². The van der Waals surface area contributed by atoms with E-state index < -0.39 is 6.04 Å². The molecule has 0 saturated carbocycles. The van der Waals surface area contributed by atoms with Crippen molar-refractivity contribution in [1.29, 1.82) is 0 Å². The van der Waals surface area contributed by atoms with E-state index in [1.807, 2.05) is 32.0 Å². The van der Waals surface area contributed by atoms with Crippen molar-refractivity contribution < 1.29 is 9.59 Å². The zero-order valence-electron chi connectivity index (χ0n) is 11.2. The first-order valence-electron chi connectivity index (χ1n) is 6.44. The third-order valence-corrected chi connectivity index (χ3v) is 3.19. The minimum absolute atomic E-state index is 0.109. The van der Waals surface area contributed by atoms with Crippen LogP contribution in [-0.2, 0) is 9.59 Å². The molecule has 1 aliphatic rings. The summed E-state index contributed by atoms with van der Waals surface area (Å²) in [6.07, 6.45) is 0.152. The lowest BCUT2D eigenvalue weighted by atomic mass is 10.1. The molecule has 0 bridgehead atoms. The molecule has 0 aromatic heterocycles. The van der Waals surface area contributed by atoms with Crippen LogP contribution in [0.15, 0.2) is 18.2 Å². The molecule has 5 nitrogen and oxygen atoms in total. The Balaban J connectivity index is 1.97. The van der Waals surface area contributed by atoms with Crippen molar-refractivity contribution in [2.45, 2.75) is 26.3 Å². The van der Waals surface area contributed by atoms with Gasteiger partial charge < -0.3 is 16.0 Å². The Morgan fingerprint density at radius 1 is 1.37 bits per heavy atom. The highest BCUT2D eigenvalue weighted by Crippen LogP contribution is 2.16. The Labute approximate surface area is 112 Å². The van der Waals surface area contributed by atoms with Gasteiger partial charge in [-0.3, -0.25) is 9.59 Å². The number of aryl methyl sites for hydroxylation is 2. The van der Waals surface area contributed by atoms with E-state index in [0.717, 1.165) is 16.8 Å². The number of hydrogen-bond acceptors (Lipinski definition) is 3. The van der Waals surface area contributed by atoms with E-state index in [1.54, 1.807) is 0 Å². The quantitative estimate of drug-likeness (QED) is 0.751. The highest BCUT2D eigenvalue weighted by molar-refractivity contribution is 5.96. The molecular formula is C14H19N3O2. The number of nitrogens with one attached hydrogen (secondary N) is 3. The lowest BCUT2D eigenvalue weighted by Gasteiger charge is -2.23. The predicted octanol–water partition coefficient (Wildman–Crippen LogP) is 0.720. The van der Waals surface area contributed by atoms with E-state index in [0.29, 0.717) is 13.1 Å². The van der Waals surface area contributed by atoms with Crippen LogP contribution in [0, 0.1) is 13.8 Å². The molecule has 1 atom stereocenters. The van der Waals surface area contributed by atoms with Gasteiger partial charge in [-0.05, 0) is 31.0 Å². The molecular weight excluding hydrogens is 242 g/mol. The maximum atomic E-state index is 12.0. The number of carbonyl (C=O) groups excluding carboxylic acids is 2. The molecule has 1 fully saturated rings. The van der Waals surface area contributed by atoms with Gasteiger partial charge in [0.1, 0.15) is 0 Å². The van der Waals surface area contributed by atoms with Crippen LogP contribution in [0.25, 0.3) is 0 Å². The molecule has 1 aliphatic heterocycles. The second kappa shape index (κ2) is 5.84.